The fourth-order valence-electron chi connectivity index (χ4n) is 1.51. The normalized spacial score (nSPS) is 15.1. The molecule has 0 amide bonds. The Kier molecular flexibility index (Phi) is 3.38. The van der Waals surface area contributed by atoms with Crippen molar-refractivity contribution in [3.05, 3.63) is 53.8 Å². The molecule has 0 bridgehead atoms. The summed E-state index contributed by atoms with van der Waals surface area (Å²) < 4.78 is 5.69. The molecule has 0 atom stereocenters. The first kappa shape index (κ1) is 10.5. The number of oxime groups is 1. The molecular formula is C13H13NO2. The number of ether oxygens (including phenoxy) is 1. The maximum absolute atomic E-state index is 8.37. The molecular weight excluding hydrogens is 202 g/mol. The highest BCUT2D eigenvalue weighted by Crippen LogP contribution is 2.19. The van der Waals surface area contributed by atoms with Gasteiger partial charge < -0.3 is 9.94 Å². The van der Waals surface area contributed by atoms with Crippen molar-refractivity contribution in [3.8, 4) is 5.75 Å². The third-order valence-corrected chi connectivity index (χ3v) is 2.31. The smallest absolute Gasteiger partial charge is 0.126 e. The highest BCUT2D eigenvalue weighted by atomic mass is 16.5. The van der Waals surface area contributed by atoms with E-state index in [-0.39, 0.29) is 0 Å². The average molecular weight is 215 g/mol. The standard InChI is InChI=1S/C13H13NO2/c15-14-10-11-6-8-13(9-7-11)16-12-4-2-1-3-5-12/h1-2,4,6-10,15H,3,5H2/b14-10-. The van der Waals surface area contributed by atoms with Gasteiger partial charge in [-0.25, -0.2) is 0 Å². The highest BCUT2D eigenvalue weighted by molar-refractivity contribution is 5.79. The van der Waals surface area contributed by atoms with Crippen molar-refractivity contribution in [3.63, 3.8) is 0 Å². The van der Waals surface area contributed by atoms with Gasteiger partial charge in [0.2, 0.25) is 0 Å². The van der Waals surface area contributed by atoms with Crippen LogP contribution in [-0.2, 0) is 0 Å². The third kappa shape index (κ3) is 2.73. The lowest BCUT2D eigenvalue weighted by molar-refractivity contribution is 0.322. The van der Waals surface area contributed by atoms with Gasteiger partial charge in [0.1, 0.15) is 11.5 Å². The maximum atomic E-state index is 8.37. The molecule has 3 nitrogen and oxygen atoms in total. The Morgan fingerprint density at radius 2 is 2.06 bits per heavy atom. The zero-order chi connectivity index (χ0) is 11.2. The van der Waals surface area contributed by atoms with Gasteiger partial charge in [0.25, 0.3) is 0 Å². The monoisotopic (exact) mass is 215 g/mol. The van der Waals surface area contributed by atoms with Gasteiger partial charge in [0.05, 0.1) is 6.21 Å². The summed E-state index contributed by atoms with van der Waals surface area (Å²) in [6.07, 6.45) is 9.45. The summed E-state index contributed by atoms with van der Waals surface area (Å²) in [5, 5.41) is 11.3. The topological polar surface area (TPSA) is 41.8 Å². The van der Waals surface area contributed by atoms with Gasteiger partial charge in [-0.1, -0.05) is 17.3 Å². The van der Waals surface area contributed by atoms with E-state index in [1.807, 2.05) is 36.4 Å². The van der Waals surface area contributed by atoms with Crippen molar-refractivity contribution >= 4 is 6.21 Å². The molecule has 1 aliphatic rings. The first-order chi connectivity index (χ1) is 7.88. The Balaban J connectivity index is 2.04. The van der Waals surface area contributed by atoms with Gasteiger partial charge in [-0.3, -0.25) is 0 Å². The van der Waals surface area contributed by atoms with Gasteiger partial charge in [-0.15, -0.1) is 0 Å². The molecule has 16 heavy (non-hydrogen) atoms. The van der Waals surface area contributed by atoms with E-state index in [9.17, 15) is 0 Å². The molecule has 0 saturated carbocycles. The van der Waals surface area contributed by atoms with Crippen LogP contribution in [0.4, 0.5) is 0 Å². The summed E-state index contributed by atoms with van der Waals surface area (Å²) in [7, 11) is 0. The minimum Gasteiger partial charge on any atom is -0.462 e. The van der Waals surface area contributed by atoms with E-state index < -0.39 is 0 Å². The van der Waals surface area contributed by atoms with E-state index in [0.29, 0.717) is 0 Å². The fourth-order valence-corrected chi connectivity index (χ4v) is 1.51. The number of hydrogen-bond donors (Lipinski definition) is 1. The summed E-state index contributed by atoms with van der Waals surface area (Å²) in [5.74, 6) is 1.78. The lowest BCUT2D eigenvalue weighted by Crippen LogP contribution is -1.97. The predicted octanol–water partition coefficient (Wildman–Crippen LogP) is 3.11. The minimum atomic E-state index is 0.802. The highest BCUT2D eigenvalue weighted by Gasteiger charge is 2.02. The lowest BCUT2D eigenvalue weighted by Gasteiger charge is -2.10. The molecule has 0 saturated heterocycles. The minimum absolute atomic E-state index is 0.802. The second-order valence-corrected chi connectivity index (χ2v) is 3.52. The van der Waals surface area contributed by atoms with Crippen LogP contribution in [0.2, 0.25) is 0 Å². The van der Waals surface area contributed by atoms with E-state index in [2.05, 4.69) is 11.2 Å². The summed E-state index contributed by atoms with van der Waals surface area (Å²) in [6.45, 7) is 0. The van der Waals surface area contributed by atoms with Crippen molar-refractivity contribution in [1.82, 2.24) is 0 Å². The third-order valence-electron chi connectivity index (χ3n) is 2.31. The van der Waals surface area contributed by atoms with Crippen LogP contribution < -0.4 is 4.74 Å². The molecule has 0 aromatic heterocycles. The van der Waals surface area contributed by atoms with E-state index in [4.69, 9.17) is 9.94 Å². The molecule has 0 fully saturated rings. The van der Waals surface area contributed by atoms with Gasteiger partial charge in [-0.05, 0) is 42.3 Å². The number of allylic oxidation sites excluding steroid dienone is 4. The van der Waals surface area contributed by atoms with Gasteiger partial charge in [-0.2, -0.15) is 0 Å². The molecule has 0 radical (unpaired) electrons. The van der Waals surface area contributed by atoms with Crippen molar-refractivity contribution < 1.29 is 9.94 Å². The summed E-state index contributed by atoms with van der Waals surface area (Å²) >= 11 is 0. The lowest BCUT2D eigenvalue weighted by atomic mass is 10.1. The SMILES string of the molecule is O/N=C\c1ccc(OC2=CC=CCC2)cc1. The Labute approximate surface area is 94.4 Å². The first-order valence-corrected chi connectivity index (χ1v) is 5.19. The summed E-state index contributed by atoms with van der Waals surface area (Å²) in [6, 6.07) is 7.40. The maximum Gasteiger partial charge on any atom is 0.126 e. The number of benzene rings is 1. The summed E-state index contributed by atoms with van der Waals surface area (Å²) in [5.41, 5.74) is 0.840. The van der Waals surface area contributed by atoms with Crippen molar-refractivity contribution in [1.29, 1.82) is 0 Å². The molecule has 0 unspecified atom stereocenters. The van der Waals surface area contributed by atoms with Gasteiger partial charge >= 0.3 is 0 Å². The van der Waals surface area contributed by atoms with Crippen LogP contribution >= 0.6 is 0 Å². The van der Waals surface area contributed by atoms with Crippen LogP contribution in [0.15, 0.2) is 53.4 Å². The fraction of sp³-hybridized carbons (Fsp3) is 0.154. The Hall–Kier alpha value is -2.03. The number of nitrogens with zero attached hydrogens (tertiary/aromatic N) is 1. The first-order valence-electron chi connectivity index (χ1n) is 5.19. The second-order valence-electron chi connectivity index (χ2n) is 3.52. The summed E-state index contributed by atoms with van der Waals surface area (Å²) in [4.78, 5) is 0. The predicted molar refractivity (Wildman–Crippen MR) is 62.9 cm³/mol. The van der Waals surface area contributed by atoms with E-state index >= 15 is 0 Å². The van der Waals surface area contributed by atoms with Crippen molar-refractivity contribution in [2.75, 3.05) is 0 Å². The second kappa shape index (κ2) is 5.16. The Morgan fingerprint density at radius 3 is 2.69 bits per heavy atom. The number of hydrogen-bond acceptors (Lipinski definition) is 3. The Morgan fingerprint density at radius 1 is 1.25 bits per heavy atom. The van der Waals surface area contributed by atoms with E-state index in [0.717, 1.165) is 29.9 Å². The van der Waals surface area contributed by atoms with Gasteiger partial charge in [0, 0.05) is 6.42 Å². The molecule has 0 heterocycles. The van der Waals surface area contributed by atoms with Crippen LogP contribution in [0.25, 0.3) is 0 Å². The largest absolute Gasteiger partial charge is 0.462 e. The van der Waals surface area contributed by atoms with Crippen LogP contribution in [0.5, 0.6) is 5.75 Å². The molecule has 1 N–H and O–H groups in total. The van der Waals surface area contributed by atoms with E-state index in [1.54, 1.807) is 0 Å². The molecule has 1 aliphatic carbocycles. The van der Waals surface area contributed by atoms with Crippen LogP contribution in [0.1, 0.15) is 18.4 Å². The number of rotatable bonds is 3. The molecule has 2 rings (SSSR count). The quantitative estimate of drug-likeness (QED) is 0.478. The van der Waals surface area contributed by atoms with Crippen molar-refractivity contribution in [2.24, 2.45) is 5.16 Å². The van der Waals surface area contributed by atoms with E-state index in [1.165, 1.54) is 6.21 Å². The molecule has 1 aromatic carbocycles. The van der Waals surface area contributed by atoms with Crippen LogP contribution in [0, 0.1) is 0 Å². The van der Waals surface area contributed by atoms with Gasteiger partial charge in [0.15, 0.2) is 0 Å². The molecule has 1 aromatic rings. The molecule has 82 valence electrons. The molecule has 0 spiro atoms. The van der Waals surface area contributed by atoms with Crippen LogP contribution in [-0.4, -0.2) is 11.4 Å². The van der Waals surface area contributed by atoms with Crippen molar-refractivity contribution in [2.45, 2.75) is 12.8 Å². The zero-order valence-electron chi connectivity index (χ0n) is 8.84. The molecule has 3 heteroatoms. The Bertz CT molecular complexity index is 430. The zero-order valence-corrected chi connectivity index (χ0v) is 8.84. The average Bonchev–Trinajstić information content (AvgIpc) is 2.33. The van der Waals surface area contributed by atoms with Crippen LogP contribution in [0.3, 0.4) is 0 Å². The molecule has 0 aliphatic heterocycles.